The molecule has 0 radical (unpaired) electrons. The Labute approximate surface area is 169 Å². The predicted octanol–water partition coefficient (Wildman–Crippen LogP) is 1.88. The van der Waals surface area contributed by atoms with E-state index in [9.17, 15) is 9.59 Å². The summed E-state index contributed by atoms with van der Waals surface area (Å²) in [4.78, 5) is 33.7. The highest BCUT2D eigenvalue weighted by Crippen LogP contribution is 2.32. The number of carbonyl (C=O) groups excluding carboxylic acids is 2. The van der Waals surface area contributed by atoms with Crippen molar-refractivity contribution in [1.29, 1.82) is 0 Å². The molecular formula is C21H24N4O4. The highest BCUT2D eigenvalue weighted by atomic mass is 16.6. The molecule has 8 nitrogen and oxygen atoms in total. The summed E-state index contributed by atoms with van der Waals surface area (Å²) in [6.07, 6.45) is 1.49. The minimum absolute atomic E-state index is 0.144. The fourth-order valence-electron chi connectivity index (χ4n) is 3.44. The first-order chi connectivity index (χ1) is 14.1. The lowest BCUT2D eigenvalue weighted by Gasteiger charge is -2.33. The van der Waals surface area contributed by atoms with Gasteiger partial charge < -0.3 is 24.6 Å². The fraction of sp³-hybridized carbons (Fsp3) is 0.381. The number of amides is 2. The smallest absolute Gasteiger partial charge is 0.272 e. The average molecular weight is 396 g/mol. The van der Waals surface area contributed by atoms with E-state index in [0.29, 0.717) is 49.1 Å². The first kappa shape index (κ1) is 19.2. The van der Waals surface area contributed by atoms with E-state index in [4.69, 9.17) is 9.47 Å². The Bertz CT molecular complexity index is 909. The van der Waals surface area contributed by atoms with Gasteiger partial charge in [-0.3, -0.25) is 14.6 Å². The van der Waals surface area contributed by atoms with Gasteiger partial charge in [-0.05, 0) is 30.8 Å². The van der Waals surface area contributed by atoms with Crippen LogP contribution in [0.4, 0.5) is 5.69 Å². The molecule has 0 atom stereocenters. The van der Waals surface area contributed by atoms with Crippen molar-refractivity contribution in [3.05, 3.63) is 47.8 Å². The quantitative estimate of drug-likeness (QED) is 0.850. The van der Waals surface area contributed by atoms with Gasteiger partial charge in [-0.2, -0.15) is 0 Å². The molecule has 0 aliphatic carbocycles. The van der Waals surface area contributed by atoms with E-state index < -0.39 is 0 Å². The Morgan fingerprint density at radius 2 is 1.79 bits per heavy atom. The van der Waals surface area contributed by atoms with Gasteiger partial charge in [0.1, 0.15) is 18.9 Å². The SMILES string of the molecule is CCN1CCN(C(=O)c2cc(C(=O)Nc3ccc4c(c3)OCCO4)ccn2)CC1. The lowest BCUT2D eigenvalue weighted by atomic mass is 10.2. The van der Waals surface area contributed by atoms with Gasteiger partial charge in [0.25, 0.3) is 11.8 Å². The molecule has 1 fully saturated rings. The maximum atomic E-state index is 12.8. The van der Waals surface area contributed by atoms with Crippen molar-refractivity contribution in [2.24, 2.45) is 0 Å². The van der Waals surface area contributed by atoms with Crippen molar-refractivity contribution in [2.45, 2.75) is 6.92 Å². The van der Waals surface area contributed by atoms with E-state index in [2.05, 4.69) is 22.1 Å². The fourth-order valence-corrected chi connectivity index (χ4v) is 3.44. The van der Waals surface area contributed by atoms with Crippen LogP contribution in [0.3, 0.4) is 0 Å². The number of fused-ring (bicyclic) bond motifs is 1. The molecule has 29 heavy (non-hydrogen) atoms. The highest BCUT2D eigenvalue weighted by Gasteiger charge is 2.23. The molecule has 0 spiro atoms. The van der Waals surface area contributed by atoms with Crippen LogP contribution in [0, 0.1) is 0 Å². The molecule has 2 amide bonds. The van der Waals surface area contributed by atoms with Crippen LogP contribution in [-0.4, -0.2) is 72.5 Å². The lowest BCUT2D eigenvalue weighted by Crippen LogP contribution is -2.48. The Morgan fingerprint density at radius 1 is 1.03 bits per heavy atom. The number of nitrogens with zero attached hydrogens (tertiary/aromatic N) is 3. The van der Waals surface area contributed by atoms with E-state index >= 15 is 0 Å². The average Bonchev–Trinajstić information content (AvgIpc) is 2.78. The monoisotopic (exact) mass is 396 g/mol. The number of likely N-dealkylation sites (N-methyl/N-ethyl adjacent to an activating group) is 1. The van der Waals surface area contributed by atoms with Crippen LogP contribution < -0.4 is 14.8 Å². The van der Waals surface area contributed by atoms with Gasteiger partial charge in [-0.25, -0.2) is 0 Å². The predicted molar refractivity (Wildman–Crippen MR) is 108 cm³/mol. The molecule has 2 aromatic rings. The van der Waals surface area contributed by atoms with Crippen LogP contribution in [0.1, 0.15) is 27.8 Å². The Hall–Kier alpha value is -3.13. The van der Waals surface area contributed by atoms with Gasteiger partial charge in [-0.1, -0.05) is 6.92 Å². The molecule has 2 aliphatic heterocycles. The van der Waals surface area contributed by atoms with Gasteiger partial charge in [-0.15, -0.1) is 0 Å². The number of nitrogens with one attached hydrogen (secondary N) is 1. The number of hydrogen-bond donors (Lipinski definition) is 1. The molecule has 152 valence electrons. The van der Waals surface area contributed by atoms with Gasteiger partial charge in [0, 0.05) is 49.7 Å². The number of pyridine rings is 1. The van der Waals surface area contributed by atoms with E-state index in [1.165, 1.54) is 6.20 Å². The van der Waals surface area contributed by atoms with Gasteiger partial charge in [0.2, 0.25) is 0 Å². The molecule has 3 heterocycles. The molecule has 8 heteroatoms. The minimum atomic E-state index is -0.311. The zero-order valence-corrected chi connectivity index (χ0v) is 16.4. The second-order valence-electron chi connectivity index (χ2n) is 6.97. The van der Waals surface area contributed by atoms with Crippen LogP contribution in [0.2, 0.25) is 0 Å². The minimum Gasteiger partial charge on any atom is -0.486 e. The summed E-state index contributed by atoms with van der Waals surface area (Å²) in [5, 5.41) is 2.83. The number of aromatic nitrogens is 1. The third-order valence-corrected chi connectivity index (χ3v) is 5.15. The van der Waals surface area contributed by atoms with Crippen LogP contribution >= 0.6 is 0 Å². The maximum Gasteiger partial charge on any atom is 0.272 e. The molecule has 4 rings (SSSR count). The first-order valence-electron chi connectivity index (χ1n) is 9.82. The third kappa shape index (κ3) is 4.32. The molecule has 0 bridgehead atoms. The number of carbonyl (C=O) groups is 2. The van der Waals surface area contributed by atoms with Crippen molar-refractivity contribution in [2.75, 3.05) is 51.3 Å². The standard InChI is InChI=1S/C21H24N4O4/c1-2-24-7-9-25(10-8-24)21(27)17-13-15(5-6-22-17)20(26)23-16-3-4-18-19(14-16)29-12-11-28-18/h3-6,13-14H,2,7-12H2,1H3,(H,23,26). The van der Waals surface area contributed by atoms with Crippen LogP contribution in [0.5, 0.6) is 11.5 Å². The zero-order chi connectivity index (χ0) is 20.2. The topological polar surface area (TPSA) is 84.0 Å². The highest BCUT2D eigenvalue weighted by molar-refractivity contribution is 6.05. The van der Waals surface area contributed by atoms with E-state index in [1.807, 2.05) is 0 Å². The Morgan fingerprint density at radius 3 is 2.55 bits per heavy atom. The van der Waals surface area contributed by atoms with Crippen molar-refractivity contribution >= 4 is 17.5 Å². The number of benzene rings is 1. The summed E-state index contributed by atoms with van der Waals surface area (Å²) in [5.74, 6) is 0.809. The first-order valence-corrected chi connectivity index (χ1v) is 9.82. The number of anilines is 1. The summed E-state index contributed by atoms with van der Waals surface area (Å²) in [7, 11) is 0. The van der Waals surface area contributed by atoms with Crippen molar-refractivity contribution < 1.29 is 19.1 Å². The van der Waals surface area contributed by atoms with Crippen molar-refractivity contribution in [3.63, 3.8) is 0 Å². The maximum absolute atomic E-state index is 12.8. The van der Waals surface area contributed by atoms with E-state index in [0.717, 1.165) is 19.6 Å². The summed E-state index contributed by atoms with van der Waals surface area (Å²) in [5.41, 5.74) is 1.26. The second-order valence-corrected chi connectivity index (χ2v) is 6.97. The van der Waals surface area contributed by atoms with Crippen molar-refractivity contribution in [3.8, 4) is 11.5 Å². The number of hydrogen-bond acceptors (Lipinski definition) is 6. The van der Waals surface area contributed by atoms with Gasteiger partial charge in [0.15, 0.2) is 11.5 Å². The normalized spacial score (nSPS) is 16.4. The molecule has 2 aliphatic rings. The van der Waals surface area contributed by atoms with Crippen LogP contribution in [0.15, 0.2) is 36.5 Å². The third-order valence-electron chi connectivity index (χ3n) is 5.15. The molecular weight excluding hydrogens is 372 g/mol. The summed E-state index contributed by atoms with van der Waals surface area (Å²) in [6, 6.07) is 8.39. The largest absolute Gasteiger partial charge is 0.486 e. The van der Waals surface area contributed by atoms with E-state index in [-0.39, 0.29) is 17.5 Å². The molecule has 1 N–H and O–H groups in total. The van der Waals surface area contributed by atoms with Gasteiger partial charge >= 0.3 is 0 Å². The van der Waals surface area contributed by atoms with Crippen LogP contribution in [0.25, 0.3) is 0 Å². The molecule has 0 unspecified atom stereocenters. The zero-order valence-electron chi connectivity index (χ0n) is 16.4. The lowest BCUT2D eigenvalue weighted by molar-refractivity contribution is 0.0637. The number of ether oxygens (including phenoxy) is 2. The summed E-state index contributed by atoms with van der Waals surface area (Å²) >= 11 is 0. The Balaban J connectivity index is 1.44. The van der Waals surface area contributed by atoms with Crippen molar-refractivity contribution in [1.82, 2.24) is 14.8 Å². The van der Waals surface area contributed by atoms with Gasteiger partial charge in [0.05, 0.1) is 0 Å². The summed E-state index contributed by atoms with van der Waals surface area (Å²) in [6.45, 7) is 7.13. The van der Waals surface area contributed by atoms with E-state index in [1.54, 1.807) is 35.2 Å². The summed E-state index contributed by atoms with van der Waals surface area (Å²) < 4.78 is 11.0. The molecule has 1 aromatic carbocycles. The number of piperazine rings is 1. The molecule has 1 aromatic heterocycles. The second kappa shape index (κ2) is 8.48. The molecule has 1 saturated heterocycles. The van der Waals surface area contributed by atoms with Crippen LogP contribution in [-0.2, 0) is 0 Å². The molecule has 0 saturated carbocycles. The Kier molecular flexibility index (Phi) is 5.62. The number of rotatable bonds is 4.